The third-order valence-corrected chi connectivity index (χ3v) is 7.62. The van der Waals surface area contributed by atoms with Crippen LogP contribution in [0.5, 0.6) is 23.0 Å². The van der Waals surface area contributed by atoms with E-state index in [9.17, 15) is 0 Å². The molecule has 4 aliphatic rings. The van der Waals surface area contributed by atoms with Crippen molar-refractivity contribution < 1.29 is 18.9 Å². The molecule has 0 bridgehead atoms. The van der Waals surface area contributed by atoms with E-state index in [0.717, 1.165) is 42.4 Å². The molecule has 2 unspecified atom stereocenters. The van der Waals surface area contributed by atoms with Crippen molar-refractivity contribution in [1.29, 1.82) is 0 Å². The number of fused-ring (bicyclic) bond motifs is 5. The summed E-state index contributed by atoms with van der Waals surface area (Å²) < 4.78 is 23.0. The summed E-state index contributed by atoms with van der Waals surface area (Å²) in [5, 5.41) is 0. The quantitative estimate of drug-likeness (QED) is 0.730. The van der Waals surface area contributed by atoms with Gasteiger partial charge in [0.05, 0.1) is 14.2 Å². The van der Waals surface area contributed by atoms with Crippen LogP contribution in [0.1, 0.15) is 60.0 Å². The first-order valence-electron chi connectivity index (χ1n) is 11.2. The summed E-state index contributed by atoms with van der Waals surface area (Å²) in [6.45, 7) is 1.40. The van der Waals surface area contributed by atoms with Gasteiger partial charge in [0.25, 0.3) is 0 Å². The summed E-state index contributed by atoms with van der Waals surface area (Å²) in [4.78, 5) is 2.75. The van der Waals surface area contributed by atoms with Crippen LogP contribution in [0.3, 0.4) is 0 Å². The summed E-state index contributed by atoms with van der Waals surface area (Å²) in [6.07, 6.45) is 7.29. The van der Waals surface area contributed by atoms with Gasteiger partial charge >= 0.3 is 0 Å². The highest BCUT2D eigenvalue weighted by atomic mass is 16.7. The second-order valence-electron chi connectivity index (χ2n) is 8.98. The van der Waals surface area contributed by atoms with Gasteiger partial charge in [-0.1, -0.05) is 18.9 Å². The van der Waals surface area contributed by atoms with Crippen LogP contribution >= 0.6 is 0 Å². The first-order valence-corrected chi connectivity index (χ1v) is 11.2. The van der Waals surface area contributed by atoms with Crippen molar-refractivity contribution in [3.63, 3.8) is 0 Å². The Kier molecular flexibility index (Phi) is 4.34. The Hall–Kier alpha value is -2.40. The first-order chi connectivity index (χ1) is 14.8. The first kappa shape index (κ1) is 18.4. The number of rotatable bonds is 3. The highest BCUT2D eigenvalue weighted by molar-refractivity contribution is 5.56. The average molecular weight is 408 g/mol. The molecule has 2 atom stereocenters. The van der Waals surface area contributed by atoms with Gasteiger partial charge in [0.1, 0.15) is 0 Å². The second kappa shape index (κ2) is 7.09. The van der Waals surface area contributed by atoms with E-state index in [0.29, 0.717) is 24.8 Å². The van der Waals surface area contributed by atoms with Crippen LogP contribution in [0.4, 0.5) is 0 Å². The van der Waals surface area contributed by atoms with Crippen LogP contribution in [0.25, 0.3) is 0 Å². The van der Waals surface area contributed by atoms with Gasteiger partial charge in [0.2, 0.25) is 6.79 Å². The van der Waals surface area contributed by atoms with Gasteiger partial charge in [-0.25, -0.2) is 0 Å². The zero-order valence-electron chi connectivity index (χ0n) is 17.8. The average Bonchev–Trinajstić information content (AvgIpc) is 3.47. The number of ether oxygens (including phenoxy) is 4. The molecule has 2 aromatic carbocycles. The number of methoxy groups -OCH3 is 2. The molecule has 6 rings (SSSR count). The Morgan fingerprint density at radius 1 is 0.967 bits per heavy atom. The largest absolute Gasteiger partial charge is 0.493 e. The molecule has 30 heavy (non-hydrogen) atoms. The van der Waals surface area contributed by atoms with Crippen molar-refractivity contribution in [3.8, 4) is 23.0 Å². The van der Waals surface area contributed by atoms with E-state index in [1.165, 1.54) is 47.9 Å². The Bertz CT molecular complexity index is 982. The molecule has 0 N–H and O–H groups in total. The lowest BCUT2D eigenvalue weighted by Crippen LogP contribution is -2.45. The topological polar surface area (TPSA) is 40.2 Å². The van der Waals surface area contributed by atoms with E-state index >= 15 is 0 Å². The molecule has 3 heterocycles. The number of benzene rings is 2. The molecule has 5 nitrogen and oxygen atoms in total. The zero-order valence-corrected chi connectivity index (χ0v) is 17.8. The van der Waals surface area contributed by atoms with Crippen LogP contribution in [0.15, 0.2) is 24.3 Å². The Labute approximate surface area is 177 Å². The van der Waals surface area contributed by atoms with Gasteiger partial charge in [-0.15, -0.1) is 0 Å². The predicted molar refractivity (Wildman–Crippen MR) is 114 cm³/mol. The normalized spacial score (nSPS) is 24.9. The second-order valence-corrected chi connectivity index (χ2v) is 8.98. The highest BCUT2D eigenvalue weighted by Gasteiger charge is 2.44. The van der Waals surface area contributed by atoms with Gasteiger partial charge in [0, 0.05) is 24.2 Å². The number of hydrogen-bond donors (Lipinski definition) is 0. The number of nitrogens with zero attached hydrogens (tertiary/aromatic N) is 1. The molecule has 1 aliphatic carbocycles. The standard InChI is InChI=1S/C25H29NO4/c1-27-20-8-7-17-11-19-18-13-22-21(29-14-30-22)12-16(18)9-10-26(19)24(15-5-3-4-6-15)23(17)25(20)28-2/h7-8,12-13,15,19,24H,3-6,9-11,14H2,1-2H3. The van der Waals surface area contributed by atoms with Crippen LogP contribution in [0.2, 0.25) is 0 Å². The monoisotopic (exact) mass is 407 g/mol. The fourth-order valence-corrected chi connectivity index (χ4v) is 6.32. The fourth-order valence-electron chi connectivity index (χ4n) is 6.32. The van der Waals surface area contributed by atoms with E-state index in [-0.39, 0.29) is 0 Å². The van der Waals surface area contributed by atoms with Gasteiger partial charge in [0.15, 0.2) is 23.0 Å². The molecule has 1 fully saturated rings. The van der Waals surface area contributed by atoms with E-state index in [1.807, 2.05) is 0 Å². The van der Waals surface area contributed by atoms with Gasteiger partial charge in [-0.05, 0) is 66.5 Å². The maximum atomic E-state index is 5.95. The molecule has 0 aromatic heterocycles. The van der Waals surface area contributed by atoms with Crippen molar-refractivity contribution >= 4 is 0 Å². The molecule has 3 aliphatic heterocycles. The molecule has 5 heteroatoms. The molecule has 0 spiro atoms. The van der Waals surface area contributed by atoms with Gasteiger partial charge in [-0.2, -0.15) is 0 Å². The van der Waals surface area contributed by atoms with E-state index in [1.54, 1.807) is 14.2 Å². The molecule has 0 saturated heterocycles. The lowest BCUT2D eigenvalue weighted by Gasteiger charge is -2.49. The highest BCUT2D eigenvalue weighted by Crippen LogP contribution is 2.55. The van der Waals surface area contributed by atoms with Gasteiger partial charge < -0.3 is 18.9 Å². The van der Waals surface area contributed by atoms with Crippen molar-refractivity contribution in [2.24, 2.45) is 5.92 Å². The lowest BCUT2D eigenvalue weighted by molar-refractivity contribution is 0.0662. The van der Waals surface area contributed by atoms with Crippen molar-refractivity contribution in [2.45, 2.75) is 50.6 Å². The fraction of sp³-hybridized carbons (Fsp3) is 0.520. The minimum atomic E-state index is 0.330. The van der Waals surface area contributed by atoms with Gasteiger partial charge in [-0.3, -0.25) is 4.90 Å². The van der Waals surface area contributed by atoms with E-state index in [4.69, 9.17) is 18.9 Å². The molecule has 158 valence electrons. The van der Waals surface area contributed by atoms with E-state index in [2.05, 4.69) is 29.2 Å². The summed E-state index contributed by atoms with van der Waals surface area (Å²) in [5.74, 6) is 4.24. The Morgan fingerprint density at radius 2 is 1.77 bits per heavy atom. The van der Waals surface area contributed by atoms with Crippen molar-refractivity contribution in [2.75, 3.05) is 27.6 Å². The summed E-state index contributed by atoms with van der Waals surface area (Å²) in [7, 11) is 3.52. The maximum absolute atomic E-state index is 5.95. The van der Waals surface area contributed by atoms with Crippen LogP contribution < -0.4 is 18.9 Å². The van der Waals surface area contributed by atoms with Crippen LogP contribution in [-0.2, 0) is 12.8 Å². The van der Waals surface area contributed by atoms with Crippen molar-refractivity contribution in [3.05, 3.63) is 46.5 Å². The third-order valence-electron chi connectivity index (χ3n) is 7.62. The van der Waals surface area contributed by atoms with Crippen molar-refractivity contribution in [1.82, 2.24) is 4.90 Å². The SMILES string of the molecule is COc1ccc2c(c1OC)C(C1CCCC1)N1CCc3cc4c(cc3C1C2)OCO4. The summed E-state index contributed by atoms with van der Waals surface area (Å²) in [5.41, 5.74) is 5.59. The third kappa shape index (κ3) is 2.64. The molecular weight excluding hydrogens is 378 g/mol. The molecular formula is C25H29NO4. The minimum absolute atomic E-state index is 0.330. The molecule has 1 saturated carbocycles. The number of hydrogen-bond acceptors (Lipinski definition) is 5. The molecule has 0 radical (unpaired) electrons. The summed E-state index contributed by atoms with van der Waals surface area (Å²) >= 11 is 0. The van der Waals surface area contributed by atoms with Crippen LogP contribution in [0, 0.1) is 5.92 Å². The molecule has 2 aromatic rings. The Balaban J connectivity index is 1.51. The lowest BCUT2D eigenvalue weighted by atomic mass is 9.76. The maximum Gasteiger partial charge on any atom is 0.231 e. The van der Waals surface area contributed by atoms with Crippen LogP contribution in [-0.4, -0.2) is 32.5 Å². The molecule has 0 amide bonds. The zero-order chi connectivity index (χ0) is 20.2. The predicted octanol–water partition coefficient (Wildman–Crippen LogP) is 4.82. The smallest absolute Gasteiger partial charge is 0.231 e. The minimum Gasteiger partial charge on any atom is -0.493 e. The van der Waals surface area contributed by atoms with E-state index < -0.39 is 0 Å². The summed E-state index contributed by atoms with van der Waals surface area (Å²) in [6, 6.07) is 9.54. The Morgan fingerprint density at radius 3 is 2.53 bits per heavy atom.